The van der Waals surface area contributed by atoms with Crippen molar-refractivity contribution in [2.45, 2.75) is 45.5 Å². The zero-order valence-corrected chi connectivity index (χ0v) is 12.9. The predicted octanol–water partition coefficient (Wildman–Crippen LogP) is 1.94. The SMILES string of the molecule is c1c[nH]c(CN2CCCn3nnc(COCC4CC4)c3C2)c1. The van der Waals surface area contributed by atoms with Crippen LogP contribution in [0.3, 0.4) is 0 Å². The summed E-state index contributed by atoms with van der Waals surface area (Å²) in [5, 5.41) is 8.66. The molecule has 1 aliphatic carbocycles. The van der Waals surface area contributed by atoms with E-state index in [1.807, 2.05) is 6.20 Å². The van der Waals surface area contributed by atoms with E-state index in [0.29, 0.717) is 6.61 Å². The summed E-state index contributed by atoms with van der Waals surface area (Å²) in [6, 6.07) is 4.19. The molecular weight excluding hydrogens is 278 g/mol. The van der Waals surface area contributed by atoms with E-state index in [2.05, 4.69) is 37.0 Å². The highest BCUT2D eigenvalue weighted by molar-refractivity contribution is 5.11. The van der Waals surface area contributed by atoms with Gasteiger partial charge in [-0.2, -0.15) is 0 Å². The number of H-pyrrole nitrogens is 1. The van der Waals surface area contributed by atoms with Crippen molar-refractivity contribution in [3.8, 4) is 0 Å². The van der Waals surface area contributed by atoms with Crippen molar-refractivity contribution in [1.29, 1.82) is 0 Å². The minimum absolute atomic E-state index is 0.599. The summed E-state index contributed by atoms with van der Waals surface area (Å²) in [6.45, 7) is 5.35. The number of fused-ring (bicyclic) bond motifs is 1. The molecule has 2 aliphatic rings. The van der Waals surface area contributed by atoms with Gasteiger partial charge in [-0.15, -0.1) is 5.10 Å². The molecule has 3 heterocycles. The zero-order chi connectivity index (χ0) is 14.8. The Morgan fingerprint density at radius 3 is 3.09 bits per heavy atom. The monoisotopic (exact) mass is 301 g/mol. The molecule has 6 heteroatoms. The van der Waals surface area contributed by atoms with E-state index in [4.69, 9.17) is 4.74 Å². The Labute approximate surface area is 130 Å². The molecule has 1 saturated carbocycles. The Hall–Kier alpha value is -1.66. The molecule has 1 fully saturated rings. The Balaban J connectivity index is 1.42. The molecule has 0 atom stereocenters. The molecular formula is C16H23N5O. The van der Waals surface area contributed by atoms with Gasteiger partial charge in [0.25, 0.3) is 0 Å². The molecule has 0 unspecified atom stereocenters. The number of nitrogens with one attached hydrogen (secondary N) is 1. The van der Waals surface area contributed by atoms with E-state index in [-0.39, 0.29) is 0 Å². The number of nitrogens with zero attached hydrogens (tertiary/aromatic N) is 4. The third-order valence-corrected chi connectivity index (χ3v) is 4.48. The average molecular weight is 301 g/mol. The van der Waals surface area contributed by atoms with Gasteiger partial charge >= 0.3 is 0 Å². The second-order valence-corrected chi connectivity index (χ2v) is 6.42. The van der Waals surface area contributed by atoms with Crippen LogP contribution in [0.4, 0.5) is 0 Å². The summed E-state index contributed by atoms with van der Waals surface area (Å²) in [6.07, 6.45) is 5.74. The highest BCUT2D eigenvalue weighted by Crippen LogP contribution is 2.29. The first-order valence-electron chi connectivity index (χ1n) is 8.22. The second kappa shape index (κ2) is 6.22. The Morgan fingerprint density at radius 1 is 1.32 bits per heavy atom. The molecule has 0 amide bonds. The first kappa shape index (κ1) is 14.0. The predicted molar refractivity (Wildman–Crippen MR) is 81.9 cm³/mol. The lowest BCUT2D eigenvalue weighted by molar-refractivity contribution is 0.107. The van der Waals surface area contributed by atoms with Crippen molar-refractivity contribution in [3.05, 3.63) is 35.4 Å². The van der Waals surface area contributed by atoms with Gasteiger partial charge in [-0.25, -0.2) is 4.68 Å². The van der Waals surface area contributed by atoms with Crippen LogP contribution in [0, 0.1) is 5.92 Å². The maximum Gasteiger partial charge on any atom is 0.113 e. The molecule has 1 N–H and O–H groups in total. The van der Waals surface area contributed by atoms with E-state index in [1.54, 1.807) is 0 Å². The van der Waals surface area contributed by atoms with Gasteiger partial charge in [0.2, 0.25) is 0 Å². The summed E-state index contributed by atoms with van der Waals surface area (Å²) in [5.41, 5.74) is 3.49. The second-order valence-electron chi connectivity index (χ2n) is 6.42. The lowest BCUT2D eigenvalue weighted by Crippen LogP contribution is -2.23. The molecule has 2 aromatic heterocycles. The van der Waals surface area contributed by atoms with Gasteiger partial charge in [-0.05, 0) is 37.3 Å². The van der Waals surface area contributed by atoms with Crippen LogP contribution < -0.4 is 0 Å². The van der Waals surface area contributed by atoms with Crippen molar-refractivity contribution in [2.75, 3.05) is 13.2 Å². The Kier molecular flexibility index (Phi) is 3.95. The molecule has 0 bridgehead atoms. The lowest BCUT2D eigenvalue weighted by Gasteiger charge is -2.19. The maximum atomic E-state index is 5.81. The van der Waals surface area contributed by atoms with Crippen molar-refractivity contribution in [3.63, 3.8) is 0 Å². The van der Waals surface area contributed by atoms with Gasteiger partial charge in [-0.1, -0.05) is 5.21 Å². The minimum atomic E-state index is 0.599. The first-order chi connectivity index (χ1) is 10.9. The minimum Gasteiger partial charge on any atom is -0.375 e. The number of hydrogen-bond acceptors (Lipinski definition) is 4. The summed E-state index contributed by atoms with van der Waals surface area (Å²) in [4.78, 5) is 5.74. The largest absolute Gasteiger partial charge is 0.375 e. The van der Waals surface area contributed by atoms with Gasteiger partial charge in [0.1, 0.15) is 5.69 Å². The van der Waals surface area contributed by atoms with E-state index in [0.717, 1.165) is 50.8 Å². The molecule has 0 saturated heterocycles. The normalized spacial score (nSPS) is 19.1. The van der Waals surface area contributed by atoms with E-state index < -0.39 is 0 Å². The molecule has 0 spiro atoms. The van der Waals surface area contributed by atoms with Gasteiger partial charge in [0.05, 0.1) is 12.3 Å². The fourth-order valence-electron chi connectivity index (χ4n) is 3.02. The summed E-state index contributed by atoms with van der Waals surface area (Å²) < 4.78 is 7.87. The van der Waals surface area contributed by atoms with E-state index in [9.17, 15) is 0 Å². The topological polar surface area (TPSA) is 59.0 Å². The van der Waals surface area contributed by atoms with Crippen LogP contribution >= 0.6 is 0 Å². The van der Waals surface area contributed by atoms with Crippen molar-refractivity contribution < 1.29 is 4.74 Å². The van der Waals surface area contributed by atoms with Crippen molar-refractivity contribution in [2.24, 2.45) is 5.92 Å². The molecule has 0 aromatic carbocycles. The number of aromatic amines is 1. The highest BCUT2D eigenvalue weighted by atomic mass is 16.5. The van der Waals surface area contributed by atoms with Gasteiger partial charge in [0, 0.05) is 44.7 Å². The molecule has 6 nitrogen and oxygen atoms in total. The van der Waals surface area contributed by atoms with E-state index in [1.165, 1.54) is 24.2 Å². The fourth-order valence-corrected chi connectivity index (χ4v) is 3.02. The lowest BCUT2D eigenvalue weighted by atomic mass is 10.3. The number of aryl methyl sites for hydroxylation is 1. The van der Waals surface area contributed by atoms with Crippen LogP contribution in [0.25, 0.3) is 0 Å². The van der Waals surface area contributed by atoms with Crippen LogP contribution in [0.2, 0.25) is 0 Å². The summed E-state index contributed by atoms with van der Waals surface area (Å²) in [5.74, 6) is 0.790. The molecule has 0 radical (unpaired) electrons. The van der Waals surface area contributed by atoms with Crippen LogP contribution in [0.15, 0.2) is 18.3 Å². The maximum absolute atomic E-state index is 5.81. The number of hydrogen-bond donors (Lipinski definition) is 1. The van der Waals surface area contributed by atoms with Gasteiger partial charge in [-0.3, -0.25) is 4.90 Å². The Morgan fingerprint density at radius 2 is 2.27 bits per heavy atom. The van der Waals surface area contributed by atoms with Crippen LogP contribution in [-0.4, -0.2) is 38.0 Å². The Bertz CT molecular complexity index is 602. The van der Waals surface area contributed by atoms with Gasteiger partial charge < -0.3 is 9.72 Å². The van der Waals surface area contributed by atoms with E-state index >= 15 is 0 Å². The fraction of sp³-hybridized carbons (Fsp3) is 0.625. The van der Waals surface area contributed by atoms with Gasteiger partial charge in [0.15, 0.2) is 0 Å². The van der Waals surface area contributed by atoms with Crippen molar-refractivity contribution in [1.82, 2.24) is 24.9 Å². The molecule has 2 aromatic rings. The number of aromatic nitrogens is 4. The third kappa shape index (κ3) is 3.23. The summed E-state index contributed by atoms with van der Waals surface area (Å²) in [7, 11) is 0. The van der Waals surface area contributed by atoms with Crippen LogP contribution in [0.1, 0.15) is 36.3 Å². The molecule has 1 aliphatic heterocycles. The average Bonchev–Trinajstić information content (AvgIpc) is 3.13. The highest BCUT2D eigenvalue weighted by Gasteiger charge is 2.23. The molecule has 22 heavy (non-hydrogen) atoms. The van der Waals surface area contributed by atoms with Crippen LogP contribution in [-0.2, 0) is 31.0 Å². The van der Waals surface area contributed by atoms with Crippen LogP contribution in [0.5, 0.6) is 0 Å². The smallest absolute Gasteiger partial charge is 0.113 e. The summed E-state index contributed by atoms with van der Waals surface area (Å²) >= 11 is 0. The number of rotatable bonds is 6. The molecule has 4 rings (SSSR count). The number of ether oxygens (including phenoxy) is 1. The standard InChI is InChI=1S/C16H23N5O/c1-3-14(17-6-1)9-20-7-2-8-21-16(10-20)15(18-19-21)12-22-11-13-4-5-13/h1,3,6,13,17H,2,4-5,7-12H2. The molecule has 118 valence electrons. The third-order valence-electron chi connectivity index (χ3n) is 4.48. The van der Waals surface area contributed by atoms with Crippen molar-refractivity contribution >= 4 is 0 Å². The zero-order valence-electron chi connectivity index (χ0n) is 12.9. The quantitative estimate of drug-likeness (QED) is 0.886. The first-order valence-corrected chi connectivity index (χ1v) is 8.22.